The molecule has 3 N–H and O–H groups in total. The number of benzene rings is 2. The summed E-state index contributed by atoms with van der Waals surface area (Å²) < 4.78 is 38.5. The van der Waals surface area contributed by atoms with E-state index in [1.807, 2.05) is 0 Å². The molecule has 0 fully saturated rings. The van der Waals surface area contributed by atoms with Crippen molar-refractivity contribution in [3.05, 3.63) is 64.7 Å². The summed E-state index contributed by atoms with van der Waals surface area (Å²) in [6, 6.07) is 11.5. The van der Waals surface area contributed by atoms with Crippen LogP contribution in [-0.2, 0) is 14.6 Å². The normalized spacial score (nSPS) is 13.7. The topological polar surface area (TPSA) is 104 Å². The first kappa shape index (κ1) is 18.1. The highest BCUT2D eigenvalue weighted by atomic mass is 35.5. The van der Waals surface area contributed by atoms with E-state index in [-0.39, 0.29) is 10.5 Å². The zero-order valence-corrected chi connectivity index (χ0v) is 14.5. The Hall–Kier alpha value is -1.21. The first-order valence-corrected chi connectivity index (χ1v) is 10.0. The van der Waals surface area contributed by atoms with Crippen LogP contribution in [0.4, 0.5) is 0 Å². The number of aryl methyl sites for hydroxylation is 1. The van der Waals surface area contributed by atoms with Gasteiger partial charge in [-0.2, -0.15) is 4.72 Å². The highest BCUT2D eigenvalue weighted by molar-refractivity contribution is 7.89. The van der Waals surface area contributed by atoms with Crippen molar-refractivity contribution in [1.82, 2.24) is 4.72 Å². The smallest absolute Gasteiger partial charge is 0.323 e. The average Bonchev–Trinajstić information content (AvgIpc) is 2.45. The molecule has 0 aliphatic heterocycles. The molecule has 124 valence electrons. The third-order valence-corrected chi connectivity index (χ3v) is 6.09. The van der Waals surface area contributed by atoms with Gasteiger partial charge in [0.25, 0.3) is 0 Å². The van der Waals surface area contributed by atoms with Gasteiger partial charge in [-0.25, -0.2) is 8.42 Å². The first-order chi connectivity index (χ1) is 10.6. The van der Waals surface area contributed by atoms with Crippen molar-refractivity contribution in [1.29, 1.82) is 0 Å². The molecule has 0 heterocycles. The standard InChI is InChI=1S/C14H15ClNO5PS/c1-10-2-8-13(9-3-10)23(20,21)16-14(22(17,18)19)11-4-6-12(15)7-5-11/h2-9,14,16H,1H3,(H2,17,18,19). The molecule has 2 rings (SSSR count). The van der Waals surface area contributed by atoms with E-state index in [4.69, 9.17) is 11.6 Å². The van der Waals surface area contributed by atoms with E-state index in [9.17, 15) is 22.8 Å². The van der Waals surface area contributed by atoms with Gasteiger partial charge in [-0.05, 0) is 36.8 Å². The summed E-state index contributed by atoms with van der Waals surface area (Å²) in [5.41, 5.74) is 0.992. The Kier molecular flexibility index (Phi) is 5.30. The summed E-state index contributed by atoms with van der Waals surface area (Å²) in [6.07, 6.45) is 0. The molecule has 0 aromatic heterocycles. The molecular formula is C14H15ClNO5PS. The summed E-state index contributed by atoms with van der Waals surface area (Å²) >= 11 is 5.74. The molecule has 2 aromatic carbocycles. The minimum Gasteiger partial charge on any atom is -0.323 e. The van der Waals surface area contributed by atoms with Gasteiger partial charge in [-0.3, -0.25) is 4.57 Å². The van der Waals surface area contributed by atoms with Crippen molar-refractivity contribution in [2.75, 3.05) is 0 Å². The Morgan fingerprint density at radius 1 is 1.04 bits per heavy atom. The zero-order chi connectivity index (χ0) is 17.3. The van der Waals surface area contributed by atoms with Gasteiger partial charge in [0.1, 0.15) is 5.78 Å². The quantitative estimate of drug-likeness (QED) is 0.697. The van der Waals surface area contributed by atoms with Crippen LogP contribution in [0.2, 0.25) is 5.02 Å². The van der Waals surface area contributed by atoms with Crippen LogP contribution < -0.4 is 4.72 Å². The highest BCUT2D eigenvalue weighted by Crippen LogP contribution is 2.50. The van der Waals surface area contributed by atoms with Gasteiger partial charge < -0.3 is 9.79 Å². The number of halogens is 1. The number of sulfonamides is 1. The highest BCUT2D eigenvalue weighted by Gasteiger charge is 2.34. The second kappa shape index (κ2) is 6.73. The predicted molar refractivity (Wildman–Crippen MR) is 87.7 cm³/mol. The SMILES string of the molecule is Cc1ccc(S(=O)(=O)NC(c2ccc(Cl)cc2)P(=O)(O)O)cc1. The van der Waals surface area contributed by atoms with Gasteiger partial charge in [-0.15, -0.1) is 0 Å². The monoisotopic (exact) mass is 375 g/mol. The van der Waals surface area contributed by atoms with Crippen LogP contribution in [0.5, 0.6) is 0 Å². The van der Waals surface area contributed by atoms with E-state index in [0.717, 1.165) is 5.56 Å². The van der Waals surface area contributed by atoms with E-state index in [1.165, 1.54) is 36.4 Å². The van der Waals surface area contributed by atoms with E-state index >= 15 is 0 Å². The molecule has 9 heteroatoms. The molecule has 1 unspecified atom stereocenters. The van der Waals surface area contributed by atoms with Crippen LogP contribution in [0.1, 0.15) is 16.9 Å². The fourth-order valence-electron chi connectivity index (χ4n) is 1.91. The van der Waals surface area contributed by atoms with Crippen LogP contribution in [0.15, 0.2) is 53.4 Å². The van der Waals surface area contributed by atoms with Crippen molar-refractivity contribution >= 4 is 29.2 Å². The molecule has 0 bridgehead atoms. The molecule has 0 spiro atoms. The molecule has 0 aliphatic carbocycles. The van der Waals surface area contributed by atoms with Gasteiger partial charge in [0, 0.05) is 5.02 Å². The summed E-state index contributed by atoms with van der Waals surface area (Å²) in [5, 5.41) is 0.375. The van der Waals surface area contributed by atoms with E-state index in [2.05, 4.69) is 4.72 Å². The maximum Gasteiger partial charge on any atom is 0.347 e. The van der Waals surface area contributed by atoms with Crippen molar-refractivity contribution in [3.63, 3.8) is 0 Å². The summed E-state index contributed by atoms with van der Waals surface area (Å²) in [7, 11) is -8.87. The lowest BCUT2D eigenvalue weighted by Crippen LogP contribution is -2.28. The van der Waals surface area contributed by atoms with Crippen molar-refractivity contribution in [2.45, 2.75) is 17.6 Å². The lowest BCUT2D eigenvalue weighted by molar-refractivity contribution is 0.355. The fraction of sp³-hybridized carbons (Fsp3) is 0.143. The maximum absolute atomic E-state index is 12.4. The summed E-state index contributed by atoms with van der Waals surface area (Å²) in [6.45, 7) is 1.80. The van der Waals surface area contributed by atoms with Crippen molar-refractivity contribution in [2.24, 2.45) is 0 Å². The maximum atomic E-state index is 12.4. The van der Waals surface area contributed by atoms with Gasteiger partial charge in [0.05, 0.1) is 4.90 Å². The molecule has 0 saturated heterocycles. The van der Waals surface area contributed by atoms with Gasteiger partial charge >= 0.3 is 7.60 Å². The van der Waals surface area contributed by atoms with Crippen LogP contribution >= 0.6 is 19.2 Å². The van der Waals surface area contributed by atoms with Crippen LogP contribution in [0, 0.1) is 6.92 Å². The van der Waals surface area contributed by atoms with Crippen LogP contribution in [0.3, 0.4) is 0 Å². The molecule has 2 aromatic rings. The lowest BCUT2D eigenvalue weighted by Gasteiger charge is -2.20. The molecule has 0 aliphatic rings. The number of rotatable bonds is 5. The first-order valence-electron chi connectivity index (χ1n) is 6.49. The minimum atomic E-state index is -4.77. The Morgan fingerprint density at radius 2 is 1.57 bits per heavy atom. The van der Waals surface area contributed by atoms with E-state index in [1.54, 1.807) is 19.1 Å². The molecular weight excluding hydrogens is 361 g/mol. The van der Waals surface area contributed by atoms with E-state index < -0.39 is 23.4 Å². The lowest BCUT2D eigenvalue weighted by atomic mass is 10.2. The van der Waals surface area contributed by atoms with Gasteiger partial charge in [0.15, 0.2) is 0 Å². The average molecular weight is 376 g/mol. The second-order valence-electron chi connectivity index (χ2n) is 4.98. The molecule has 1 atom stereocenters. The Balaban J connectivity index is 2.40. The molecule has 6 nitrogen and oxygen atoms in total. The zero-order valence-electron chi connectivity index (χ0n) is 12.0. The van der Waals surface area contributed by atoms with Gasteiger partial charge in [0.2, 0.25) is 10.0 Å². The molecule has 23 heavy (non-hydrogen) atoms. The van der Waals surface area contributed by atoms with Crippen LogP contribution in [0.25, 0.3) is 0 Å². The predicted octanol–water partition coefficient (Wildman–Crippen LogP) is 2.80. The molecule has 0 radical (unpaired) electrons. The molecule has 0 saturated carbocycles. The number of hydrogen-bond donors (Lipinski definition) is 3. The number of hydrogen-bond acceptors (Lipinski definition) is 3. The van der Waals surface area contributed by atoms with Gasteiger partial charge in [-0.1, -0.05) is 41.4 Å². The van der Waals surface area contributed by atoms with Crippen molar-refractivity contribution in [3.8, 4) is 0 Å². The van der Waals surface area contributed by atoms with Crippen LogP contribution in [-0.4, -0.2) is 18.2 Å². The largest absolute Gasteiger partial charge is 0.347 e. The molecule has 0 amide bonds. The van der Waals surface area contributed by atoms with E-state index in [0.29, 0.717) is 5.02 Å². The minimum absolute atomic E-state index is 0.0736. The third-order valence-electron chi connectivity index (χ3n) is 3.12. The Bertz CT molecular complexity index is 830. The fourth-order valence-corrected chi connectivity index (χ4v) is 4.62. The van der Waals surface area contributed by atoms with Crippen molar-refractivity contribution < 1.29 is 22.8 Å². The second-order valence-corrected chi connectivity index (χ2v) is 8.82. The Labute approximate surface area is 139 Å². The third kappa shape index (κ3) is 4.64. The number of nitrogens with one attached hydrogen (secondary N) is 1. The summed E-state index contributed by atoms with van der Waals surface area (Å²) in [5.74, 6) is -1.69. The Morgan fingerprint density at radius 3 is 2.04 bits per heavy atom. The summed E-state index contributed by atoms with van der Waals surface area (Å²) in [4.78, 5) is 18.9.